The molecule has 1 rings (SSSR count). The molecule has 0 spiro atoms. The summed E-state index contributed by atoms with van der Waals surface area (Å²) in [6.45, 7) is 1.94. The number of hydrogen-bond donors (Lipinski definition) is 1. The summed E-state index contributed by atoms with van der Waals surface area (Å²) in [5.74, 6) is 0.683. The minimum Gasteiger partial charge on any atom is -0.469 e. The van der Waals surface area contributed by atoms with Gasteiger partial charge in [0.25, 0.3) is 0 Å². The predicted octanol–water partition coefficient (Wildman–Crippen LogP) is 0.337. The maximum atomic E-state index is 11.0. The van der Waals surface area contributed by atoms with E-state index < -0.39 is 0 Å². The summed E-state index contributed by atoms with van der Waals surface area (Å²) in [7, 11) is 1.33. The number of nitrogen functional groups attached to an aromatic ring is 1. The van der Waals surface area contributed by atoms with Crippen molar-refractivity contribution in [2.75, 3.05) is 12.8 Å². The second kappa shape index (κ2) is 4.55. The summed E-state index contributed by atoms with van der Waals surface area (Å²) in [5, 5.41) is 0. The molecule has 0 aliphatic rings. The first-order valence-corrected chi connectivity index (χ1v) is 4.34. The van der Waals surface area contributed by atoms with Gasteiger partial charge < -0.3 is 10.5 Å². The number of esters is 1. The van der Waals surface area contributed by atoms with E-state index in [0.29, 0.717) is 17.2 Å². The summed E-state index contributed by atoms with van der Waals surface area (Å²) < 4.78 is 4.52. The van der Waals surface area contributed by atoms with Crippen LogP contribution in [0.1, 0.15) is 18.3 Å². The van der Waals surface area contributed by atoms with Crippen LogP contribution >= 0.6 is 0 Å². The second-order valence-electron chi connectivity index (χ2n) is 2.80. The van der Waals surface area contributed by atoms with E-state index in [-0.39, 0.29) is 12.4 Å². The lowest BCUT2D eigenvalue weighted by Crippen LogP contribution is -2.09. The van der Waals surface area contributed by atoms with Crippen LogP contribution in [0.4, 0.5) is 5.82 Å². The Balaban J connectivity index is 2.83. The molecule has 0 bridgehead atoms. The summed E-state index contributed by atoms with van der Waals surface area (Å²) in [5.41, 5.74) is 6.25. The lowest BCUT2D eigenvalue weighted by Gasteiger charge is -2.04. The molecule has 5 heteroatoms. The fraction of sp³-hybridized carbons (Fsp3) is 0.444. The van der Waals surface area contributed by atoms with E-state index in [4.69, 9.17) is 5.73 Å². The Morgan fingerprint density at radius 1 is 1.64 bits per heavy atom. The van der Waals surface area contributed by atoms with Crippen LogP contribution < -0.4 is 5.73 Å². The monoisotopic (exact) mass is 195 g/mol. The smallest absolute Gasteiger partial charge is 0.310 e. The van der Waals surface area contributed by atoms with Crippen LogP contribution in [0.3, 0.4) is 0 Å². The number of carbonyl (C=O) groups is 1. The van der Waals surface area contributed by atoms with Gasteiger partial charge in [-0.2, -0.15) is 0 Å². The second-order valence-corrected chi connectivity index (χ2v) is 2.80. The molecule has 0 aromatic carbocycles. The molecule has 0 fully saturated rings. The molecule has 0 amide bonds. The zero-order valence-corrected chi connectivity index (χ0v) is 8.28. The van der Waals surface area contributed by atoms with E-state index in [2.05, 4.69) is 14.7 Å². The van der Waals surface area contributed by atoms with E-state index in [9.17, 15) is 4.79 Å². The van der Waals surface area contributed by atoms with Crippen molar-refractivity contribution in [2.45, 2.75) is 19.8 Å². The number of anilines is 1. The lowest BCUT2D eigenvalue weighted by molar-refractivity contribution is -0.139. The average molecular weight is 195 g/mol. The molecule has 1 aromatic heterocycles. The summed E-state index contributed by atoms with van der Waals surface area (Å²) in [6.07, 6.45) is 2.41. The lowest BCUT2D eigenvalue weighted by atomic mass is 10.2. The van der Waals surface area contributed by atoms with E-state index in [1.165, 1.54) is 7.11 Å². The van der Waals surface area contributed by atoms with Crippen LogP contribution in [0.2, 0.25) is 0 Å². The highest BCUT2D eigenvalue weighted by molar-refractivity contribution is 5.73. The number of hydrogen-bond acceptors (Lipinski definition) is 5. The van der Waals surface area contributed by atoms with Gasteiger partial charge in [0.05, 0.1) is 13.5 Å². The van der Waals surface area contributed by atoms with Crippen molar-refractivity contribution in [2.24, 2.45) is 0 Å². The van der Waals surface area contributed by atoms with Crippen molar-refractivity contribution in [1.82, 2.24) is 9.97 Å². The van der Waals surface area contributed by atoms with E-state index in [0.717, 1.165) is 6.42 Å². The standard InChI is InChI=1S/C9H13N3O2/c1-3-7-11-5-6(9(10)12-7)4-8(13)14-2/h5H,3-4H2,1-2H3,(H2,10,11,12). The highest BCUT2D eigenvalue weighted by Gasteiger charge is 2.08. The van der Waals surface area contributed by atoms with Crippen molar-refractivity contribution < 1.29 is 9.53 Å². The predicted molar refractivity (Wildman–Crippen MR) is 51.5 cm³/mol. The van der Waals surface area contributed by atoms with Gasteiger partial charge in [-0.1, -0.05) is 6.92 Å². The molecule has 5 nitrogen and oxygen atoms in total. The molecular formula is C9H13N3O2. The van der Waals surface area contributed by atoms with Crippen molar-refractivity contribution in [3.05, 3.63) is 17.6 Å². The van der Waals surface area contributed by atoms with Crippen molar-refractivity contribution in [1.29, 1.82) is 0 Å². The van der Waals surface area contributed by atoms with Gasteiger partial charge in [-0.15, -0.1) is 0 Å². The zero-order chi connectivity index (χ0) is 10.6. The zero-order valence-electron chi connectivity index (χ0n) is 8.28. The molecule has 14 heavy (non-hydrogen) atoms. The van der Waals surface area contributed by atoms with E-state index >= 15 is 0 Å². The van der Waals surface area contributed by atoms with Gasteiger partial charge in [-0.25, -0.2) is 9.97 Å². The molecule has 0 unspecified atom stereocenters. The number of nitrogens with two attached hydrogens (primary N) is 1. The third-order valence-corrected chi connectivity index (χ3v) is 1.83. The summed E-state index contributed by atoms with van der Waals surface area (Å²) >= 11 is 0. The third-order valence-electron chi connectivity index (χ3n) is 1.83. The van der Waals surface area contributed by atoms with Crippen molar-refractivity contribution >= 4 is 11.8 Å². The highest BCUT2D eigenvalue weighted by Crippen LogP contribution is 2.08. The highest BCUT2D eigenvalue weighted by atomic mass is 16.5. The normalized spacial score (nSPS) is 9.86. The average Bonchev–Trinajstić information content (AvgIpc) is 2.20. The van der Waals surface area contributed by atoms with Crippen LogP contribution in [-0.4, -0.2) is 23.0 Å². The molecule has 0 aliphatic carbocycles. The Morgan fingerprint density at radius 2 is 2.36 bits per heavy atom. The molecule has 0 radical (unpaired) electrons. The fourth-order valence-corrected chi connectivity index (χ4v) is 0.992. The Labute approximate surface area is 82.3 Å². The number of aryl methyl sites for hydroxylation is 1. The first kappa shape index (κ1) is 10.4. The van der Waals surface area contributed by atoms with Gasteiger partial charge in [0, 0.05) is 18.2 Å². The van der Waals surface area contributed by atoms with E-state index in [1.54, 1.807) is 6.20 Å². The first-order valence-electron chi connectivity index (χ1n) is 4.34. The molecule has 0 saturated heterocycles. The maximum absolute atomic E-state index is 11.0. The number of aromatic nitrogens is 2. The van der Waals surface area contributed by atoms with Crippen LogP contribution in [0, 0.1) is 0 Å². The Kier molecular flexibility index (Phi) is 3.39. The summed E-state index contributed by atoms with van der Waals surface area (Å²) in [6, 6.07) is 0. The summed E-state index contributed by atoms with van der Waals surface area (Å²) in [4.78, 5) is 19.0. The number of ether oxygens (including phenoxy) is 1. The van der Waals surface area contributed by atoms with Crippen LogP contribution in [0.15, 0.2) is 6.20 Å². The topological polar surface area (TPSA) is 78.1 Å². The first-order chi connectivity index (χ1) is 6.67. The fourth-order valence-electron chi connectivity index (χ4n) is 0.992. The number of methoxy groups -OCH3 is 1. The number of carbonyl (C=O) groups excluding carboxylic acids is 1. The quantitative estimate of drug-likeness (QED) is 0.703. The molecule has 1 heterocycles. The van der Waals surface area contributed by atoms with Gasteiger partial charge >= 0.3 is 5.97 Å². The van der Waals surface area contributed by atoms with Gasteiger partial charge in [0.2, 0.25) is 0 Å². The minimum atomic E-state index is -0.343. The van der Waals surface area contributed by atoms with Gasteiger partial charge in [0.1, 0.15) is 11.6 Å². The SMILES string of the molecule is CCc1ncc(CC(=O)OC)c(N)n1. The van der Waals surface area contributed by atoms with Crippen molar-refractivity contribution in [3.63, 3.8) is 0 Å². The van der Waals surface area contributed by atoms with Gasteiger partial charge in [-0.05, 0) is 0 Å². The number of nitrogens with zero attached hydrogens (tertiary/aromatic N) is 2. The third kappa shape index (κ3) is 2.42. The van der Waals surface area contributed by atoms with Crippen LogP contribution in [-0.2, 0) is 22.4 Å². The van der Waals surface area contributed by atoms with Crippen molar-refractivity contribution in [3.8, 4) is 0 Å². The molecule has 1 aromatic rings. The molecule has 0 aliphatic heterocycles. The molecular weight excluding hydrogens is 182 g/mol. The number of rotatable bonds is 3. The molecule has 0 saturated carbocycles. The van der Waals surface area contributed by atoms with Crippen LogP contribution in [0.5, 0.6) is 0 Å². The molecule has 2 N–H and O–H groups in total. The molecule has 76 valence electrons. The Bertz CT molecular complexity index is 339. The Hall–Kier alpha value is -1.65. The van der Waals surface area contributed by atoms with Crippen LogP contribution in [0.25, 0.3) is 0 Å². The largest absolute Gasteiger partial charge is 0.469 e. The van der Waals surface area contributed by atoms with E-state index in [1.807, 2.05) is 6.92 Å². The van der Waals surface area contributed by atoms with Gasteiger partial charge in [0.15, 0.2) is 0 Å². The molecule has 0 atom stereocenters. The minimum absolute atomic E-state index is 0.117. The maximum Gasteiger partial charge on any atom is 0.310 e. The Morgan fingerprint density at radius 3 is 2.86 bits per heavy atom. The van der Waals surface area contributed by atoms with Gasteiger partial charge in [-0.3, -0.25) is 4.79 Å².